The SMILES string of the molecule is Cc1ccc(Cl)cc1N1C(C)CNCC1(C)C. The van der Waals surface area contributed by atoms with Gasteiger partial charge in [-0.3, -0.25) is 0 Å². The molecule has 1 aromatic rings. The zero-order valence-electron chi connectivity index (χ0n) is 11.0. The first-order valence-corrected chi connectivity index (χ1v) is 6.56. The number of piperazine rings is 1. The maximum absolute atomic E-state index is 6.13. The third-order valence-electron chi connectivity index (χ3n) is 3.52. The number of nitrogens with zero attached hydrogens (tertiary/aromatic N) is 1. The van der Waals surface area contributed by atoms with E-state index >= 15 is 0 Å². The fourth-order valence-electron chi connectivity index (χ4n) is 2.77. The molecule has 1 saturated heterocycles. The minimum absolute atomic E-state index is 0.118. The summed E-state index contributed by atoms with van der Waals surface area (Å²) in [5.74, 6) is 0. The van der Waals surface area contributed by atoms with Gasteiger partial charge in [0.25, 0.3) is 0 Å². The van der Waals surface area contributed by atoms with Crippen LogP contribution in [0.4, 0.5) is 5.69 Å². The van der Waals surface area contributed by atoms with Crippen molar-refractivity contribution in [2.45, 2.75) is 39.3 Å². The highest BCUT2D eigenvalue weighted by Crippen LogP contribution is 2.33. The van der Waals surface area contributed by atoms with E-state index in [2.05, 4.69) is 50.0 Å². The Bertz CT molecular complexity index is 415. The van der Waals surface area contributed by atoms with Crippen LogP contribution in [0.25, 0.3) is 0 Å². The summed E-state index contributed by atoms with van der Waals surface area (Å²) in [6, 6.07) is 6.62. The zero-order chi connectivity index (χ0) is 12.6. The van der Waals surface area contributed by atoms with Crippen molar-refractivity contribution < 1.29 is 0 Å². The molecule has 1 N–H and O–H groups in total. The fraction of sp³-hybridized carbons (Fsp3) is 0.571. The van der Waals surface area contributed by atoms with E-state index in [1.807, 2.05) is 6.07 Å². The summed E-state index contributed by atoms with van der Waals surface area (Å²) >= 11 is 6.13. The van der Waals surface area contributed by atoms with Crippen LogP contribution in [0.5, 0.6) is 0 Å². The molecule has 0 amide bonds. The van der Waals surface area contributed by atoms with E-state index in [0.717, 1.165) is 18.1 Å². The third-order valence-corrected chi connectivity index (χ3v) is 3.76. The molecule has 3 heteroatoms. The van der Waals surface area contributed by atoms with E-state index in [-0.39, 0.29) is 5.54 Å². The molecule has 1 heterocycles. The second kappa shape index (κ2) is 4.51. The van der Waals surface area contributed by atoms with E-state index in [1.54, 1.807) is 0 Å². The van der Waals surface area contributed by atoms with Gasteiger partial charge in [0.15, 0.2) is 0 Å². The van der Waals surface area contributed by atoms with Gasteiger partial charge >= 0.3 is 0 Å². The molecule has 0 saturated carbocycles. The Hall–Kier alpha value is -0.730. The maximum Gasteiger partial charge on any atom is 0.0473 e. The Labute approximate surface area is 109 Å². The molecule has 1 aliphatic heterocycles. The van der Waals surface area contributed by atoms with Crippen molar-refractivity contribution in [3.8, 4) is 0 Å². The van der Waals surface area contributed by atoms with Gasteiger partial charge in [-0.2, -0.15) is 0 Å². The lowest BCUT2D eigenvalue weighted by atomic mass is 9.94. The molecule has 2 nitrogen and oxygen atoms in total. The first-order valence-electron chi connectivity index (χ1n) is 6.18. The zero-order valence-corrected chi connectivity index (χ0v) is 11.8. The highest BCUT2D eigenvalue weighted by atomic mass is 35.5. The van der Waals surface area contributed by atoms with Crippen LogP contribution in [-0.4, -0.2) is 24.7 Å². The molecular formula is C14H21ClN2. The molecule has 1 aromatic carbocycles. The molecule has 2 rings (SSSR count). The first kappa shape index (κ1) is 12.7. The molecule has 1 fully saturated rings. The lowest BCUT2D eigenvalue weighted by Crippen LogP contribution is -2.62. The number of halogens is 1. The summed E-state index contributed by atoms with van der Waals surface area (Å²) < 4.78 is 0. The average Bonchev–Trinajstić information content (AvgIpc) is 2.22. The Morgan fingerprint density at radius 3 is 2.76 bits per heavy atom. The van der Waals surface area contributed by atoms with Gasteiger partial charge in [0.2, 0.25) is 0 Å². The van der Waals surface area contributed by atoms with Gasteiger partial charge in [-0.25, -0.2) is 0 Å². The quantitative estimate of drug-likeness (QED) is 0.826. The molecule has 0 spiro atoms. The summed E-state index contributed by atoms with van der Waals surface area (Å²) in [6.07, 6.45) is 0. The van der Waals surface area contributed by atoms with Gasteiger partial charge in [0, 0.05) is 35.4 Å². The van der Waals surface area contributed by atoms with Gasteiger partial charge in [-0.1, -0.05) is 17.7 Å². The predicted octanol–water partition coefficient (Wildman–Crippen LogP) is 3.23. The van der Waals surface area contributed by atoms with Gasteiger partial charge in [-0.15, -0.1) is 0 Å². The first-order chi connectivity index (χ1) is 7.92. The van der Waals surface area contributed by atoms with Crippen LogP contribution >= 0.6 is 11.6 Å². The number of rotatable bonds is 1. The van der Waals surface area contributed by atoms with Crippen LogP contribution in [0.3, 0.4) is 0 Å². The molecule has 94 valence electrons. The number of aryl methyl sites for hydroxylation is 1. The molecule has 1 atom stereocenters. The van der Waals surface area contributed by atoms with Crippen LogP contribution in [0.2, 0.25) is 5.02 Å². The van der Waals surface area contributed by atoms with Crippen LogP contribution in [-0.2, 0) is 0 Å². The molecule has 0 bridgehead atoms. The Kier molecular flexibility index (Phi) is 3.37. The standard InChI is InChI=1S/C14H21ClN2/c1-10-5-6-12(15)7-13(10)17-11(2)8-16-9-14(17,3)4/h5-7,11,16H,8-9H2,1-4H3. The molecule has 1 unspecified atom stereocenters. The van der Waals surface area contributed by atoms with E-state index < -0.39 is 0 Å². The fourth-order valence-corrected chi connectivity index (χ4v) is 2.93. The molecule has 0 aliphatic carbocycles. The summed E-state index contributed by atoms with van der Waals surface area (Å²) in [5, 5.41) is 4.30. The second-order valence-corrected chi connectivity index (χ2v) is 6.03. The van der Waals surface area contributed by atoms with Crippen LogP contribution in [0.15, 0.2) is 18.2 Å². The Morgan fingerprint density at radius 1 is 1.41 bits per heavy atom. The van der Waals surface area contributed by atoms with Gasteiger partial charge in [0.05, 0.1) is 0 Å². The molecule has 0 radical (unpaired) electrons. The number of nitrogens with one attached hydrogen (secondary N) is 1. The maximum atomic E-state index is 6.13. The lowest BCUT2D eigenvalue weighted by Gasteiger charge is -2.49. The minimum atomic E-state index is 0.118. The van der Waals surface area contributed by atoms with Gasteiger partial charge < -0.3 is 10.2 Å². The van der Waals surface area contributed by atoms with Crippen molar-refractivity contribution in [2.75, 3.05) is 18.0 Å². The third kappa shape index (κ3) is 2.43. The average molecular weight is 253 g/mol. The van der Waals surface area contributed by atoms with Crippen molar-refractivity contribution in [3.63, 3.8) is 0 Å². The van der Waals surface area contributed by atoms with Crippen molar-refractivity contribution in [1.29, 1.82) is 0 Å². The summed E-state index contributed by atoms with van der Waals surface area (Å²) in [5.41, 5.74) is 2.67. The van der Waals surface area contributed by atoms with E-state index in [0.29, 0.717) is 6.04 Å². The van der Waals surface area contributed by atoms with E-state index in [4.69, 9.17) is 11.6 Å². The highest BCUT2D eigenvalue weighted by molar-refractivity contribution is 6.30. The topological polar surface area (TPSA) is 15.3 Å². The normalized spacial score (nSPS) is 23.8. The molecular weight excluding hydrogens is 232 g/mol. The Balaban J connectivity index is 2.45. The molecule has 1 aliphatic rings. The summed E-state index contributed by atoms with van der Waals surface area (Å²) in [7, 11) is 0. The minimum Gasteiger partial charge on any atom is -0.361 e. The van der Waals surface area contributed by atoms with Crippen LogP contribution < -0.4 is 10.2 Å². The largest absolute Gasteiger partial charge is 0.361 e. The molecule has 0 aromatic heterocycles. The molecule has 17 heavy (non-hydrogen) atoms. The summed E-state index contributed by atoms with van der Waals surface area (Å²) in [4.78, 5) is 2.49. The van der Waals surface area contributed by atoms with Gasteiger partial charge in [0.1, 0.15) is 0 Å². The number of anilines is 1. The predicted molar refractivity (Wildman–Crippen MR) is 75.1 cm³/mol. The Morgan fingerprint density at radius 2 is 2.12 bits per heavy atom. The monoisotopic (exact) mass is 252 g/mol. The smallest absolute Gasteiger partial charge is 0.0473 e. The van der Waals surface area contributed by atoms with E-state index in [1.165, 1.54) is 11.3 Å². The van der Waals surface area contributed by atoms with Crippen LogP contribution in [0, 0.1) is 6.92 Å². The van der Waals surface area contributed by atoms with E-state index in [9.17, 15) is 0 Å². The highest BCUT2D eigenvalue weighted by Gasteiger charge is 2.34. The van der Waals surface area contributed by atoms with Crippen molar-refractivity contribution in [2.24, 2.45) is 0 Å². The van der Waals surface area contributed by atoms with Crippen molar-refractivity contribution >= 4 is 17.3 Å². The summed E-state index contributed by atoms with van der Waals surface area (Å²) in [6.45, 7) is 11.0. The van der Waals surface area contributed by atoms with Crippen LogP contribution in [0.1, 0.15) is 26.3 Å². The van der Waals surface area contributed by atoms with Crippen molar-refractivity contribution in [3.05, 3.63) is 28.8 Å². The van der Waals surface area contributed by atoms with Crippen molar-refractivity contribution in [1.82, 2.24) is 5.32 Å². The second-order valence-electron chi connectivity index (χ2n) is 5.59. The number of hydrogen-bond acceptors (Lipinski definition) is 2. The number of hydrogen-bond donors (Lipinski definition) is 1. The van der Waals surface area contributed by atoms with Gasteiger partial charge in [-0.05, 0) is 45.4 Å². The number of benzene rings is 1. The lowest BCUT2D eigenvalue weighted by molar-refractivity contribution is 0.333.